The Morgan fingerprint density at radius 2 is 1.88 bits per heavy atom. The molecule has 1 fully saturated rings. The molecule has 0 aliphatic heterocycles. The highest BCUT2D eigenvalue weighted by atomic mass is 16.3. The van der Waals surface area contributed by atoms with Crippen LogP contribution in [-0.4, -0.2) is 23.2 Å². The zero-order chi connectivity index (χ0) is 13.1. The molecule has 17 heavy (non-hydrogen) atoms. The Kier molecular flexibility index (Phi) is 4.59. The maximum Gasteiger partial charge on any atom is 0.220 e. The van der Waals surface area contributed by atoms with Crippen molar-refractivity contribution >= 4 is 5.91 Å². The van der Waals surface area contributed by atoms with Gasteiger partial charge >= 0.3 is 0 Å². The average Bonchev–Trinajstić information content (AvgIpc) is 2.65. The topological polar surface area (TPSA) is 49.3 Å². The number of carbonyl (C=O) groups is 1. The molecule has 1 saturated carbocycles. The fourth-order valence-corrected chi connectivity index (χ4v) is 2.31. The van der Waals surface area contributed by atoms with Crippen molar-refractivity contribution in [3.05, 3.63) is 0 Å². The Balaban J connectivity index is 2.49. The van der Waals surface area contributed by atoms with Gasteiger partial charge in [-0.3, -0.25) is 4.79 Å². The Morgan fingerprint density at radius 1 is 1.35 bits per heavy atom. The lowest BCUT2D eigenvalue weighted by Gasteiger charge is -2.31. The van der Waals surface area contributed by atoms with Crippen LogP contribution in [0.25, 0.3) is 0 Å². The molecule has 1 aliphatic carbocycles. The molecule has 1 rings (SSSR count). The van der Waals surface area contributed by atoms with E-state index in [1.165, 1.54) is 0 Å². The molecule has 0 saturated heterocycles. The summed E-state index contributed by atoms with van der Waals surface area (Å²) in [7, 11) is 0. The standard InChI is InChI=1S/C14H27NO2/c1-11(13(2,3)4)9-12(17)15-14(10-16)7-5-6-8-14/h11,16H,5-10H2,1-4H3,(H,15,17). The van der Waals surface area contributed by atoms with Gasteiger partial charge in [-0.2, -0.15) is 0 Å². The molecule has 0 radical (unpaired) electrons. The van der Waals surface area contributed by atoms with E-state index in [0.717, 1.165) is 25.7 Å². The molecule has 0 heterocycles. The number of aliphatic hydroxyl groups is 1. The van der Waals surface area contributed by atoms with Crippen LogP contribution in [0, 0.1) is 11.3 Å². The SMILES string of the molecule is CC(CC(=O)NC1(CO)CCCC1)C(C)(C)C. The molecule has 100 valence electrons. The molecule has 0 bridgehead atoms. The second-order valence-electron chi connectivity index (χ2n) is 6.66. The van der Waals surface area contributed by atoms with Crippen LogP contribution in [0.4, 0.5) is 0 Å². The van der Waals surface area contributed by atoms with Crippen molar-refractivity contribution in [2.24, 2.45) is 11.3 Å². The summed E-state index contributed by atoms with van der Waals surface area (Å²) in [5, 5.41) is 12.5. The van der Waals surface area contributed by atoms with Gasteiger partial charge < -0.3 is 10.4 Å². The van der Waals surface area contributed by atoms with Gasteiger partial charge in [0.25, 0.3) is 0 Å². The number of hydrogen-bond donors (Lipinski definition) is 2. The van der Waals surface area contributed by atoms with Crippen LogP contribution in [0.2, 0.25) is 0 Å². The third kappa shape index (κ3) is 3.98. The van der Waals surface area contributed by atoms with E-state index < -0.39 is 0 Å². The first-order valence-corrected chi connectivity index (χ1v) is 6.71. The van der Waals surface area contributed by atoms with E-state index in [1.54, 1.807) is 0 Å². The van der Waals surface area contributed by atoms with E-state index >= 15 is 0 Å². The monoisotopic (exact) mass is 241 g/mol. The molecule has 0 aromatic carbocycles. The van der Waals surface area contributed by atoms with Gasteiger partial charge in [0, 0.05) is 6.42 Å². The van der Waals surface area contributed by atoms with Gasteiger partial charge in [-0.1, -0.05) is 40.5 Å². The van der Waals surface area contributed by atoms with Crippen LogP contribution < -0.4 is 5.32 Å². The summed E-state index contributed by atoms with van der Waals surface area (Å²) >= 11 is 0. The second-order valence-corrected chi connectivity index (χ2v) is 6.66. The zero-order valence-corrected chi connectivity index (χ0v) is 11.7. The summed E-state index contributed by atoms with van der Waals surface area (Å²) < 4.78 is 0. The summed E-state index contributed by atoms with van der Waals surface area (Å²) in [5.41, 5.74) is -0.173. The highest BCUT2D eigenvalue weighted by Gasteiger charge is 2.35. The van der Waals surface area contributed by atoms with E-state index in [9.17, 15) is 9.90 Å². The summed E-state index contributed by atoms with van der Waals surface area (Å²) in [6, 6.07) is 0. The van der Waals surface area contributed by atoms with E-state index in [2.05, 4.69) is 33.0 Å². The first-order valence-electron chi connectivity index (χ1n) is 6.71. The van der Waals surface area contributed by atoms with Crippen LogP contribution in [0.1, 0.15) is 59.8 Å². The van der Waals surface area contributed by atoms with E-state index in [0.29, 0.717) is 12.3 Å². The molecule has 0 aromatic heterocycles. The molecule has 0 spiro atoms. The largest absolute Gasteiger partial charge is 0.394 e. The van der Waals surface area contributed by atoms with Gasteiger partial charge in [-0.25, -0.2) is 0 Å². The number of nitrogens with one attached hydrogen (secondary N) is 1. The van der Waals surface area contributed by atoms with E-state index in [-0.39, 0.29) is 23.5 Å². The minimum Gasteiger partial charge on any atom is -0.394 e. The number of carbonyl (C=O) groups excluding carboxylic acids is 1. The Hall–Kier alpha value is -0.570. The van der Waals surface area contributed by atoms with Crippen molar-refractivity contribution in [1.82, 2.24) is 5.32 Å². The summed E-state index contributed by atoms with van der Waals surface area (Å²) in [5.74, 6) is 0.433. The van der Waals surface area contributed by atoms with Crippen LogP contribution in [0.15, 0.2) is 0 Å². The highest BCUT2D eigenvalue weighted by molar-refractivity contribution is 5.77. The van der Waals surface area contributed by atoms with Crippen LogP contribution >= 0.6 is 0 Å². The van der Waals surface area contributed by atoms with E-state index in [1.807, 2.05) is 0 Å². The van der Waals surface area contributed by atoms with Crippen molar-refractivity contribution < 1.29 is 9.90 Å². The zero-order valence-electron chi connectivity index (χ0n) is 11.7. The minimum atomic E-state index is -0.325. The fourth-order valence-electron chi connectivity index (χ4n) is 2.31. The lowest BCUT2D eigenvalue weighted by molar-refractivity contribution is -0.125. The van der Waals surface area contributed by atoms with Gasteiger partial charge in [0.1, 0.15) is 0 Å². The maximum absolute atomic E-state index is 12.0. The minimum absolute atomic E-state index is 0.0721. The molecular weight excluding hydrogens is 214 g/mol. The quantitative estimate of drug-likeness (QED) is 0.794. The molecule has 2 N–H and O–H groups in total. The van der Waals surface area contributed by atoms with Crippen molar-refractivity contribution in [3.8, 4) is 0 Å². The molecule has 1 unspecified atom stereocenters. The van der Waals surface area contributed by atoms with Crippen molar-refractivity contribution in [2.45, 2.75) is 65.3 Å². The first-order chi connectivity index (χ1) is 7.79. The fraction of sp³-hybridized carbons (Fsp3) is 0.929. The summed E-state index contributed by atoms with van der Waals surface area (Å²) in [4.78, 5) is 12.0. The average molecular weight is 241 g/mol. The molecule has 1 atom stereocenters. The number of aliphatic hydroxyl groups excluding tert-OH is 1. The van der Waals surface area contributed by atoms with Gasteiger partial charge in [-0.05, 0) is 24.2 Å². The van der Waals surface area contributed by atoms with Gasteiger partial charge in [0.2, 0.25) is 5.91 Å². The van der Waals surface area contributed by atoms with Gasteiger partial charge in [-0.15, -0.1) is 0 Å². The normalized spacial score (nSPS) is 21.2. The van der Waals surface area contributed by atoms with Crippen molar-refractivity contribution in [2.75, 3.05) is 6.61 Å². The smallest absolute Gasteiger partial charge is 0.220 e. The number of amides is 1. The first kappa shape index (κ1) is 14.5. The third-order valence-corrected chi connectivity index (χ3v) is 4.24. The molecule has 3 nitrogen and oxygen atoms in total. The highest BCUT2D eigenvalue weighted by Crippen LogP contribution is 2.31. The van der Waals surface area contributed by atoms with Gasteiger partial charge in [0.05, 0.1) is 12.1 Å². The number of rotatable bonds is 4. The molecule has 3 heteroatoms. The second kappa shape index (κ2) is 5.38. The van der Waals surface area contributed by atoms with Crippen LogP contribution in [0.5, 0.6) is 0 Å². The predicted octanol–water partition coefficient (Wildman–Crippen LogP) is 2.48. The Bertz CT molecular complexity index is 262. The van der Waals surface area contributed by atoms with E-state index in [4.69, 9.17) is 0 Å². The number of hydrogen-bond acceptors (Lipinski definition) is 2. The molecular formula is C14H27NO2. The lowest BCUT2D eigenvalue weighted by Crippen LogP contribution is -2.49. The molecule has 1 aliphatic rings. The Morgan fingerprint density at radius 3 is 2.29 bits per heavy atom. The third-order valence-electron chi connectivity index (χ3n) is 4.24. The van der Waals surface area contributed by atoms with Crippen LogP contribution in [0.3, 0.4) is 0 Å². The lowest BCUT2D eigenvalue weighted by atomic mass is 9.80. The molecule has 0 aromatic rings. The Labute approximate surface area is 105 Å². The summed E-state index contributed by atoms with van der Waals surface area (Å²) in [6.07, 6.45) is 4.59. The maximum atomic E-state index is 12.0. The predicted molar refractivity (Wildman–Crippen MR) is 69.7 cm³/mol. The summed E-state index contributed by atoms with van der Waals surface area (Å²) in [6.45, 7) is 8.65. The van der Waals surface area contributed by atoms with Crippen molar-refractivity contribution in [1.29, 1.82) is 0 Å². The van der Waals surface area contributed by atoms with Gasteiger partial charge in [0.15, 0.2) is 0 Å². The van der Waals surface area contributed by atoms with Crippen LogP contribution in [-0.2, 0) is 4.79 Å². The van der Waals surface area contributed by atoms with Crippen molar-refractivity contribution in [3.63, 3.8) is 0 Å². The molecule has 1 amide bonds.